The van der Waals surface area contributed by atoms with E-state index in [9.17, 15) is 4.79 Å². The third-order valence-corrected chi connectivity index (χ3v) is 5.32. The molecule has 2 aromatic rings. The fourth-order valence-corrected chi connectivity index (χ4v) is 3.80. The van der Waals surface area contributed by atoms with Gasteiger partial charge in [-0.1, -0.05) is 29.8 Å². The average Bonchev–Trinajstić information content (AvgIpc) is 2.92. The van der Waals surface area contributed by atoms with E-state index in [1.807, 2.05) is 54.3 Å². The first-order valence-electron chi connectivity index (χ1n) is 6.94. The minimum absolute atomic E-state index is 0.0304. The van der Waals surface area contributed by atoms with Gasteiger partial charge in [0.1, 0.15) is 11.1 Å². The Morgan fingerprint density at radius 1 is 1.23 bits per heavy atom. The van der Waals surface area contributed by atoms with Gasteiger partial charge in [-0.3, -0.25) is 9.69 Å². The summed E-state index contributed by atoms with van der Waals surface area (Å²) in [7, 11) is 1.64. The minimum Gasteiger partial charge on any atom is -0.497 e. The molecule has 0 saturated carbocycles. The number of carbonyl (C=O) groups is 1. The quantitative estimate of drug-likeness (QED) is 0.832. The summed E-state index contributed by atoms with van der Waals surface area (Å²) in [6.45, 7) is 1.95. The lowest BCUT2D eigenvalue weighted by molar-refractivity contribution is -0.115. The van der Waals surface area contributed by atoms with Crippen LogP contribution in [0.4, 0.5) is 5.69 Å². The topological polar surface area (TPSA) is 29.5 Å². The van der Waals surface area contributed by atoms with E-state index in [1.54, 1.807) is 18.9 Å². The molecule has 22 heavy (non-hydrogen) atoms. The van der Waals surface area contributed by atoms with Crippen LogP contribution in [0.15, 0.2) is 42.5 Å². The maximum Gasteiger partial charge on any atom is 0.238 e. The number of aryl methyl sites for hydroxylation is 1. The SMILES string of the molecule is COc1ccc([C@H]2SCC(=O)N2c2ccc(C)c(Cl)c2)cc1. The van der Waals surface area contributed by atoms with Gasteiger partial charge in [0.05, 0.1) is 12.9 Å². The molecule has 114 valence electrons. The molecule has 0 aliphatic carbocycles. The predicted molar refractivity (Wildman–Crippen MR) is 91.9 cm³/mol. The van der Waals surface area contributed by atoms with Crippen molar-refractivity contribution < 1.29 is 9.53 Å². The molecule has 3 nitrogen and oxygen atoms in total. The fraction of sp³-hybridized carbons (Fsp3) is 0.235. The van der Waals surface area contributed by atoms with Crippen molar-refractivity contribution in [1.82, 2.24) is 0 Å². The van der Waals surface area contributed by atoms with Crippen molar-refractivity contribution in [3.8, 4) is 5.75 Å². The van der Waals surface area contributed by atoms with Crippen LogP contribution in [0, 0.1) is 6.92 Å². The third kappa shape index (κ3) is 2.81. The molecule has 0 bridgehead atoms. The van der Waals surface area contributed by atoms with Crippen LogP contribution in [0.5, 0.6) is 5.75 Å². The molecule has 0 N–H and O–H groups in total. The van der Waals surface area contributed by atoms with Crippen LogP contribution in [0.3, 0.4) is 0 Å². The normalized spacial score (nSPS) is 17.9. The van der Waals surface area contributed by atoms with E-state index in [0.29, 0.717) is 10.8 Å². The van der Waals surface area contributed by atoms with Crippen LogP contribution < -0.4 is 9.64 Å². The Morgan fingerprint density at radius 3 is 2.59 bits per heavy atom. The number of anilines is 1. The van der Waals surface area contributed by atoms with Crippen molar-refractivity contribution in [2.75, 3.05) is 17.8 Å². The van der Waals surface area contributed by atoms with Crippen molar-refractivity contribution in [2.24, 2.45) is 0 Å². The third-order valence-electron chi connectivity index (χ3n) is 3.70. The van der Waals surface area contributed by atoms with Crippen molar-refractivity contribution in [2.45, 2.75) is 12.3 Å². The van der Waals surface area contributed by atoms with E-state index in [1.165, 1.54) is 0 Å². The summed E-state index contributed by atoms with van der Waals surface area (Å²) in [6, 6.07) is 13.6. The Kier molecular flexibility index (Phi) is 4.32. The Labute approximate surface area is 139 Å². The van der Waals surface area contributed by atoms with Crippen LogP contribution >= 0.6 is 23.4 Å². The lowest BCUT2D eigenvalue weighted by atomic mass is 10.1. The number of nitrogens with zero attached hydrogens (tertiary/aromatic N) is 1. The number of methoxy groups -OCH3 is 1. The van der Waals surface area contributed by atoms with E-state index in [2.05, 4.69) is 0 Å². The fourth-order valence-electron chi connectivity index (χ4n) is 2.45. The average molecular weight is 334 g/mol. The second-order valence-electron chi connectivity index (χ2n) is 5.13. The van der Waals surface area contributed by atoms with Gasteiger partial charge in [-0.25, -0.2) is 0 Å². The molecule has 0 unspecified atom stereocenters. The highest BCUT2D eigenvalue weighted by molar-refractivity contribution is 8.00. The second kappa shape index (κ2) is 6.23. The summed E-state index contributed by atoms with van der Waals surface area (Å²) in [5, 5.41) is 0.646. The molecule has 2 aromatic carbocycles. The maximum atomic E-state index is 12.3. The first-order valence-corrected chi connectivity index (χ1v) is 8.36. The molecule has 3 rings (SSSR count). The minimum atomic E-state index is -0.0304. The molecular formula is C17H16ClNO2S. The first-order chi connectivity index (χ1) is 10.6. The number of rotatable bonds is 3. The summed E-state index contributed by atoms with van der Waals surface area (Å²) in [5.41, 5.74) is 2.92. The van der Waals surface area contributed by atoms with Crippen molar-refractivity contribution in [1.29, 1.82) is 0 Å². The second-order valence-corrected chi connectivity index (χ2v) is 6.61. The Balaban J connectivity index is 1.96. The van der Waals surface area contributed by atoms with Gasteiger partial charge in [-0.05, 0) is 42.3 Å². The Morgan fingerprint density at radius 2 is 1.95 bits per heavy atom. The smallest absolute Gasteiger partial charge is 0.238 e. The van der Waals surface area contributed by atoms with Gasteiger partial charge in [-0.2, -0.15) is 0 Å². The molecule has 1 fully saturated rings. The zero-order valence-corrected chi connectivity index (χ0v) is 13.9. The van der Waals surface area contributed by atoms with Gasteiger partial charge in [0.25, 0.3) is 0 Å². The number of benzene rings is 2. The van der Waals surface area contributed by atoms with E-state index < -0.39 is 0 Å². The van der Waals surface area contributed by atoms with Crippen LogP contribution in [0.1, 0.15) is 16.5 Å². The summed E-state index contributed by atoms with van der Waals surface area (Å²) in [5.74, 6) is 1.39. The molecular weight excluding hydrogens is 318 g/mol. The van der Waals surface area contributed by atoms with Crippen LogP contribution in [-0.4, -0.2) is 18.8 Å². The van der Waals surface area contributed by atoms with E-state index in [4.69, 9.17) is 16.3 Å². The van der Waals surface area contributed by atoms with Gasteiger partial charge in [0.15, 0.2) is 0 Å². The zero-order chi connectivity index (χ0) is 15.7. The summed E-state index contributed by atoms with van der Waals surface area (Å²) >= 11 is 7.83. The molecule has 1 aliphatic rings. The highest BCUT2D eigenvalue weighted by Gasteiger charge is 2.34. The van der Waals surface area contributed by atoms with Crippen LogP contribution in [-0.2, 0) is 4.79 Å². The highest BCUT2D eigenvalue weighted by Crippen LogP contribution is 2.42. The standard InChI is InChI=1S/C17H16ClNO2S/c1-11-3-6-13(9-15(11)18)19-16(20)10-22-17(19)12-4-7-14(21-2)8-5-12/h3-9,17H,10H2,1-2H3/t17-/m1/s1. The lowest BCUT2D eigenvalue weighted by Gasteiger charge is -2.25. The van der Waals surface area contributed by atoms with Crippen molar-refractivity contribution >= 4 is 35.0 Å². The van der Waals surface area contributed by atoms with Crippen molar-refractivity contribution in [3.63, 3.8) is 0 Å². The zero-order valence-electron chi connectivity index (χ0n) is 12.4. The van der Waals surface area contributed by atoms with Crippen molar-refractivity contribution in [3.05, 3.63) is 58.6 Å². The lowest BCUT2D eigenvalue weighted by Crippen LogP contribution is -2.27. The number of hydrogen-bond acceptors (Lipinski definition) is 3. The number of halogens is 1. The van der Waals surface area contributed by atoms with Gasteiger partial charge < -0.3 is 4.74 Å². The number of hydrogen-bond donors (Lipinski definition) is 0. The van der Waals surface area contributed by atoms with Crippen LogP contribution in [0.25, 0.3) is 0 Å². The van der Waals surface area contributed by atoms with Gasteiger partial charge in [0, 0.05) is 10.7 Å². The summed E-state index contributed by atoms with van der Waals surface area (Å²) in [6.07, 6.45) is 0. The predicted octanol–water partition coefficient (Wildman–Crippen LogP) is 4.44. The number of thioether (sulfide) groups is 1. The van der Waals surface area contributed by atoms with E-state index >= 15 is 0 Å². The van der Waals surface area contributed by atoms with E-state index in [0.717, 1.165) is 22.6 Å². The van der Waals surface area contributed by atoms with Gasteiger partial charge in [-0.15, -0.1) is 11.8 Å². The van der Waals surface area contributed by atoms with Gasteiger partial charge in [0.2, 0.25) is 5.91 Å². The molecule has 0 spiro atoms. The van der Waals surface area contributed by atoms with Gasteiger partial charge >= 0.3 is 0 Å². The largest absolute Gasteiger partial charge is 0.497 e. The molecule has 1 aliphatic heterocycles. The molecule has 1 heterocycles. The molecule has 0 radical (unpaired) electrons. The molecule has 0 aromatic heterocycles. The summed E-state index contributed by atoms with van der Waals surface area (Å²) < 4.78 is 5.19. The van der Waals surface area contributed by atoms with E-state index in [-0.39, 0.29) is 11.3 Å². The Bertz CT molecular complexity index is 702. The number of carbonyl (C=O) groups excluding carboxylic acids is 1. The van der Waals surface area contributed by atoms with Crippen LogP contribution in [0.2, 0.25) is 5.02 Å². The summed E-state index contributed by atoms with van der Waals surface area (Å²) in [4.78, 5) is 14.1. The molecule has 1 amide bonds. The maximum absolute atomic E-state index is 12.3. The monoisotopic (exact) mass is 333 g/mol. The number of amides is 1. The molecule has 1 saturated heterocycles. The number of ether oxygens (including phenoxy) is 1. The first kappa shape index (κ1) is 15.3. The Hall–Kier alpha value is -1.65. The molecule has 1 atom stereocenters. The molecule has 5 heteroatoms. The highest BCUT2D eigenvalue weighted by atomic mass is 35.5.